The molecule has 0 aliphatic rings. The van der Waals surface area contributed by atoms with E-state index in [9.17, 15) is 0 Å². The third-order valence-electron chi connectivity index (χ3n) is 2.07. The minimum Gasteiger partial charge on any atom is -0.306 e. The van der Waals surface area contributed by atoms with Crippen LogP contribution in [0.5, 0.6) is 0 Å². The zero-order chi connectivity index (χ0) is 11.4. The Balaban J connectivity index is 1.87. The number of hydrogen-bond acceptors (Lipinski definition) is 3. The van der Waals surface area contributed by atoms with Crippen LogP contribution >= 0.6 is 27.5 Å². The Labute approximate surface area is 107 Å². The lowest BCUT2D eigenvalue weighted by Gasteiger charge is -2.04. The number of rotatable bonds is 4. The maximum absolute atomic E-state index is 5.99. The lowest BCUT2D eigenvalue weighted by Crippen LogP contribution is -2.13. The highest BCUT2D eigenvalue weighted by atomic mass is 79.9. The van der Waals surface area contributed by atoms with E-state index < -0.39 is 0 Å². The van der Waals surface area contributed by atoms with Crippen LogP contribution in [0, 0.1) is 0 Å². The summed E-state index contributed by atoms with van der Waals surface area (Å²) in [6.45, 7) is 1.40. The number of aromatic amines is 1. The predicted molar refractivity (Wildman–Crippen MR) is 66.1 cm³/mol. The van der Waals surface area contributed by atoms with Crippen LogP contribution < -0.4 is 5.32 Å². The largest absolute Gasteiger partial charge is 0.306 e. The molecule has 0 saturated carbocycles. The first-order chi connectivity index (χ1) is 7.75. The summed E-state index contributed by atoms with van der Waals surface area (Å²) in [5.41, 5.74) is 1.13. The Bertz CT molecular complexity index is 458. The summed E-state index contributed by atoms with van der Waals surface area (Å²) in [7, 11) is 0. The Morgan fingerprint density at radius 1 is 1.38 bits per heavy atom. The Kier molecular flexibility index (Phi) is 3.93. The van der Waals surface area contributed by atoms with Gasteiger partial charge in [-0.1, -0.05) is 17.7 Å². The quantitative estimate of drug-likeness (QED) is 0.912. The van der Waals surface area contributed by atoms with Gasteiger partial charge in [0.05, 0.1) is 11.6 Å². The number of nitrogens with zero attached hydrogens (tertiary/aromatic N) is 2. The molecule has 0 bridgehead atoms. The van der Waals surface area contributed by atoms with Crippen LogP contribution in [0.4, 0.5) is 0 Å². The molecule has 0 fully saturated rings. The van der Waals surface area contributed by atoms with Crippen molar-refractivity contribution in [2.45, 2.75) is 13.1 Å². The summed E-state index contributed by atoms with van der Waals surface area (Å²) < 4.78 is 0.910. The number of nitrogens with one attached hydrogen (secondary N) is 2. The fourth-order valence-electron chi connectivity index (χ4n) is 1.29. The smallest absolute Gasteiger partial charge is 0.138 e. The van der Waals surface area contributed by atoms with Crippen molar-refractivity contribution < 1.29 is 0 Å². The molecule has 0 amide bonds. The van der Waals surface area contributed by atoms with Crippen LogP contribution in [0.15, 0.2) is 29.0 Å². The molecule has 2 N–H and O–H groups in total. The molecule has 4 nitrogen and oxygen atoms in total. The van der Waals surface area contributed by atoms with Crippen LogP contribution in [-0.4, -0.2) is 15.2 Å². The van der Waals surface area contributed by atoms with E-state index in [-0.39, 0.29) is 0 Å². The van der Waals surface area contributed by atoms with E-state index in [2.05, 4.69) is 36.4 Å². The summed E-state index contributed by atoms with van der Waals surface area (Å²) in [5.74, 6) is 0.822. The molecule has 0 radical (unpaired) electrons. The molecule has 0 saturated heterocycles. The molecular formula is C10H10BrClN4. The van der Waals surface area contributed by atoms with Gasteiger partial charge in [-0.25, -0.2) is 4.98 Å². The Hall–Kier alpha value is -0.910. The van der Waals surface area contributed by atoms with E-state index in [0.717, 1.165) is 27.4 Å². The van der Waals surface area contributed by atoms with Gasteiger partial charge in [-0.05, 0) is 33.6 Å². The minimum atomic E-state index is 0.660. The SMILES string of the molecule is Clc1cc(CNCc2ncn[nH]2)ccc1Br. The molecule has 0 spiro atoms. The van der Waals surface area contributed by atoms with Crippen molar-refractivity contribution >= 4 is 27.5 Å². The summed E-state index contributed by atoms with van der Waals surface area (Å²) in [4.78, 5) is 4.02. The van der Waals surface area contributed by atoms with Crippen molar-refractivity contribution in [1.29, 1.82) is 0 Å². The fraction of sp³-hybridized carbons (Fsp3) is 0.200. The minimum absolute atomic E-state index is 0.660. The van der Waals surface area contributed by atoms with Crippen molar-refractivity contribution in [3.05, 3.63) is 45.4 Å². The van der Waals surface area contributed by atoms with Crippen molar-refractivity contribution in [1.82, 2.24) is 20.5 Å². The molecule has 1 heterocycles. The zero-order valence-electron chi connectivity index (χ0n) is 8.37. The Morgan fingerprint density at radius 3 is 2.94 bits per heavy atom. The van der Waals surface area contributed by atoms with Gasteiger partial charge in [0.1, 0.15) is 12.2 Å². The molecule has 1 aromatic carbocycles. The third kappa shape index (κ3) is 3.04. The van der Waals surface area contributed by atoms with Gasteiger partial charge in [0.25, 0.3) is 0 Å². The lowest BCUT2D eigenvalue weighted by molar-refractivity contribution is 0.665. The standard InChI is InChI=1S/C10H10BrClN4/c11-8-2-1-7(3-9(8)12)4-13-5-10-14-6-15-16-10/h1-3,6,13H,4-5H2,(H,14,15,16). The summed E-state index contributed by atoms with van der Waals surface area (Å²) in [6.07, 6.45) is 1.49. The zero-order valence-corrected chi connectivity index (χ0v) is 10.7. The first kappa shape index (κ1) is 11.6. The molecule has 0 atom stereocenters. The van der Waals surface area contributed by atoms with Crippen molar-refractivity contribution in [2.75, 3.05) is 0 Å². The second kappa shape index (κ2) is 5.43. The molecule has 2 aromatic rings. The van der Waals surface area contributed by atoms with Crippen molar-refractivity contribution in [3.63, 3.8) is 0 Å². The molecular weight excluding hydrogens is 291 g/mol. The van der Waals surface area contributed by atoms with E-state index in [1.807, 2.05) is 18.2 Å². The van der Waals surface area contributed by atoms with Gasteiger partial charge in [-0.3, -0.25) is 5.10 Å². The number of H-pyrrole nitrogens is 1. The number of benzene rings is 1. The van der Waals surface area contributed by atoms with Gasteiger partial charge in [0.15, 0.2) is 0 Å². The van der Waals surface area contributed by atoms with Gasteiger partial charge in [0, 0.05) is 11.0 Å². The number of hydrogen-bond donors (Lipinski definition) is 2. The first-order valence-corrected chi connectivity index (χ1v) is 5.91. The van der Waals surface area contributed by atoms with E-state index in [1.54, 1.807) is 0 Å². The molecule has 0 aliphatic carbocycles. The van der Waals surface area contributed by atoms with Gasteiger partial charge in [0.2, 0.25) is 0 Å². The fourth-order valence-corrected chi connectivity index (χ4v) is 1.74. The van der Waals surface area contributed by atoms with Crippen LogP contribution in [0.1, 0.15) is 11.4 Å². The summed E-state index contributed by atoms with van der Waals surface area (Å²) in [6, 6.07) is 5.89. The van der Waals surface area contributed by atoms with Crippen LogP contribution in [0.3, 0.4) is 0 Å². The van der Waals surface area contributed by atoms with Crippen molar-refractivity contribution in [3.8, 4) is 0 Å². The maximum atomic E-state index is 5.99. The van der Waals surface area contributed by atoms with Gasteiger partial charge in [-0.15, -0.1) is 0 Å². The second-order valence-corrected chi connectivity index (χ2v) is 4.55. The molecule has 0 aliphatic heterocycles. The number of aromatic nitrogens is 3. The summed E-state index contributed by atoms with van der Waals surface area (Å²) >= 11 is 9.34. The van der Waals surface area contributed by atoms with Gasteiger partial charge >= 0.3 is 0 Å². The lowest BCUT2D eigenvalue weighted by atomic mass is 10.2. The Morgan fingerprint density at radius 2 is 2.25 bits per heavy atom. The van der Waals surface area contributed by atoms with Crippen LogP contribution in [0.2, 0.25) is 5.02 Å². The molecule has 0 unspecified atom stereocenters. The second-order valence-electron chi connectivity index (χ2n) is 3.28. The molecule has 6 heteroatoms. The highest BCUT2D eigenvalue weighted by Crippen LogP contribution is 2.22. The predicted octanol–water partition coefficient (Wildman–Crippen LogP) is 2.51. The van der Waals surface area contributed by atoms with Gasteiger partial charge < -0.3 is 5.32 Å². The van der Waals surface area contributed by atoms with Gasteiger partial charge in [-0.2, -0.15) is 5.10 Å². The third-order valence-corrected chi connectivity index (χ3v) is 3.30. The van der Waals surface area contributed by atoms with E-state index in [0.29, 0.717) is 6.54 Å². The normalized spacial score (nSPS) is 10.6. The van der Waals surface area contributed by atoms with E-state index in [4.69, 9.17) is 11.6 Å². The average molecular weight is 302 g/mol. The molecule has 1 aromatic heterocycles. The molecule has 84 valence electrons. The molecule has 2 rings (SSSR count). The maximum Gasteiger partial charge on any atom is 0.138 e. The van der Waals surface area contributed by atoms with E-state index in [1.165, 1.54) is 6.33 Å². The molecule has 16 heavy (non-hydrogen) atoms. The average Bonchev–Trinajstić information content (AvgIpc) is 2.76. The highest BCUT2D eigenvalue weighted by molar-refractivity contribution is 9.10. The van der Waals surface area contributed by atoms with E-state index >= 15 is 0 Å². The van der Waals surface area contributed by atoms with Crippen LogP contribution in [0.25, 0.3) is 0 Å². The number of halogens is 2. The first-order valence-electron chi connectivity index (χ1n) is 4.74. The monoisotopic (exact) mass is 300 g/mol. The van der Waals surface area contributed by atoms with Crippen molar-refractivity contribution in [2.24, 2.45) is 0 Å². The summed E-state index contributed by atoms with van der Waals surface area (Å²) in [5, 5.41) is 10.5. The highest BCUT2D eigenvalue weighted by Gasteiger charge is 1.99. The topological polar surface area (TPSA) is 53.6 Å². The van der Waals surface area contributed by atoms with Crippen LogP contribution in [-0.2, 0) is 13.1 Å².